The number of nitrogens with zero attached hydrogens (tertiary/aromatic N) is 2. The highest BCUT2D eigenvalue weighted by molar-refractivity contribution is 5.93. The summed E-state index contributed by atoms with van der Waals surface area (Å²) < 4.78 is 13.4. The minimum Gasteiger partial charge on any atom is -0.508 e. The van der Waals surface area contributed by atoms with E-state index in [1.54, 1.807) is 12.3 Å². The molecule has 2 aromatic carbocycles. The minimum absolute atomic E-state index is 0.120. The van der Waals surface area contributed by atoms with Gasteiger partial charge in [-0.1, -0.05) is 25.1 Å². The topological polar surface area (TPSA) is 45.0 Å². The first-order chi connectivity index (χ1) is 14.0. The van der Waals surface area contributed by atoms with E-state index < -0.39 is 0 Å². The van der Waals surface area contributed by atoms with Crippen LogP contribution in [-0.4, -0.2) is 17.0 Å². The maximum absolute atomic E-state index is 13.4. The van der Waals surface area contributed by atoms with Gasteiger partial charge >= 0.3 is 0 Å². The predicted octanol–water partition coefficient (Wildman–Crippen LogP) is 5.86. The number of aryl methyl sites for hydroxylation is 1. The summed E-state index contributed by atoms with van der Waals surface area (Å²) in [5.41, 5.74) is 4.86. The van der Waals surface area contributed by atoms with Gasteiger partial charge in [-0.05, 0) is 97.2 Å². The zero-order valence-corrected chi connectivity index (χ0v) is 16.8. The number of fused-ring (bicyclic) bond motifs is 5. The van der Waals surface area contributed by atoms with Crippen molar-refractivity contribution in [1.29, 1.82) is 0 Å². The van der Waals surface area contributed by atoms with Gasteiger partial charge in [0.05, 0.1) is 6.21 Å². The summed E-state index contributed by atoms with van der Waals surface area (Å²) in [5, 5.41) is 18.8. The molecular weight excluding hydrogens is 363 g/mol. The average molecular weight is 391 g/mol. The fraction of sp³-hybridized carbons (Fsp3) is 0.440. The Balaban J connectivity index is 1.38. The van der Waals surface area contributed by atoms with Crippen LogP contribution < -0.4 is 0 Å². The van der Waals surface area contributed by atoms with Crippen LogP contribution in [0.4, 0.5) is 4.39 Å². The van der Waals surface area contributed by atoms with Gasteiger partial charge in [-0.3, -0.25) is 0 Å². The molecule has 1 N–H and O–H groups in total. The van der Waals surface area contributed by atoms with Crippen LogP contribution >= 0.6 is 0 Å². The van der Waals surface area contributed by atoms with Crippen molar-refractivity contribution >= 4 is 11.9 Å². The number of hydrogen-bond donors (Lipinski definition) is 1. The molecule has 0 aliphatic heterocycles. The maximum Gasteiger partial charge on any atom is 0.123 e. The summed E-state index contributed by atoms with van der Waals surface area (Å²) in [5.74, 6) is 2.07. The molecule has 0 amide bonds. The largest absolute Gasteiger partial charge is 0.508 e. The average Bonchev–Trinajstić information content (AvgIpc) is 3.04. The Morgan fingerprint density at radius 2 is 2.00 bits per heavy atom. The lowest BCUT2D eigenvalue weighted by Crippen LogP contribution is -2.42. The van der Waals surface area contributed by atoms with Gasteiger partial charge in [0.15, 0.2) is 0 Å². The molecule has 2 fully saturated rings. The molecule has 0 bridgehead atoms. The highest BCUT2D eigenvalue weighted by Gasteiger charge is 2.53. The van der Waals surface area contributed by atoms with E-state index in [-0.39, 0.29) is 11.2 Å². The van der Waals surface area contributed by atoms with Crippen molar-refractivity contribution in [1.82, 2.24) is 0 Å². The maximum atomic E-state index is 13.4. The predicted molar refractivity (Wildman–Crippen MR) is 114 cm³/mol. The van der Waals surface area contributed by atoms with Crippen molar-refractivity contribution in [3.63, 3.8) is 0 Å². The van der Waals surface area contributed by atoms with E-state index in [0.29, 0.717) is 23.5 Å². The molecule has 29 heavy (non-hydrogen) atoms. The quantitative estimate of drug-likeness (QED) is 0.506. The molecule has 4 heteroatoms. The van der Waals surface area contributed by atoms with Crippen molar-refractivity contribution < 1.29 is 9.50 Å². The number of rotatable bonds is 2. The smallest absolute Gasteiger partial charge is 0.123 e. The molecule has 0 aromatic heterocycles. The molecule has 3 aliphatic carbocycles. The van der Waals surface area contributed by atoms with Crippen LogP contribution in [0.2, 0.25) is 0 Å². The molecule has 0 spiro atoms. The molecule has 3 nitrogen and oxygen atoms in total. The number of phenols is 1. The molecule has 0 heterocycles. The van der Waals surface area contributed by atoms with Crippen LogP contribution in [0.5, 0.6) is 5.75 Å². The Morgan fingerprint density at radius 3 is 2.86 bits per heavy atom. The van der Waals surface area contributed by atoms with Gasteiger partial charge in [-0.15, -0.1) is 0 Å². The van der Waals surface area contributed by atoms with Gasteiger partial charge in [-0.2, -0.15) is 10.2 Å². The molecule has 150 valence electrons. The van der Waals surface area contributed by atoms with E-state index in [0.717, 1.165) is 24.8 Å². The van der Waals surface area contributed by atoms with Crippen LogP contribution in [0.1, 0.15) is 61.6 Å². The minimum atomic E-state index is -0.251. The van der Waals surface area contributed by atoms with Crippen molar-refractivity contribution in [2.75, 3.05) is 0 Å². The summed E-state index contributed by atoms with van der Waals surface area (Å²) in [6.07, 6.45) is 8.40. The molecular formula is C25H27FN2O. The number of halogens is 1. The Morgan fingerprint density at radius 1 is 1.10 bits per heavy atom. The van der Waals surface area contributed by atoms with Crippen LogP contribution in [0, 0.1) is 23.1 Å². The van der Waals surface area contributed by atoms with Gasteiger partial charge in [0, 0.05) is 11.1 Å². The van der Waals surface area contributed by atoms with E-state index in [2.05, 4.69) is 23.2 Å². The standard InChI is InChI=1S/C25H27FN2O/c1-25-12-11-21-20-8-6-19(29)14-17(20)5-7-22(21)23(25)9-10-24(25)28-27-15-16-3-2-4-18(26)13-16/h2-4,6,8,13-15,21-23,29H,5,7,9-12H2,1H3/b27-15+,28-24-. The monoisotopic (exact) mass is 390 g/mol. The lowest BCUT2D eigenvalue weighted by atomic mass is 9.55. The van der Waals surface area contributed by atoms with E-state index in [1.807, 2.05) is 18.2 Å². The summed E-state index contributed by atoms with van der Waals surface area (Å²) in [4.78, 5) is 0. The van der Waals surface area contributed by atoms with Crippen molar-refractivity contribution in [3.05, 3.63) is 65.0 Å². The molecule has 0 saturated heterocycles. The molecule has 5 rings (SSSR count). The Labute approximate surface area is 171 Å². The summed E-state index contributed by atoms with van der Waals surface area (Å²) in [7, 11) is 0. The lowest BCUT2D eigenvalue weighted by Gasteiger charge is -2.49. The molecule has 2 saturated carbocycles. The van der Waals surface area contributed by atoms with Crippen molar-refractivity contribution in [2.24, 2.45) is 27.5 Å². The molecule has 4 unspecified atom stereocenters. The molecule has 0 radical (unpaired) electrons. The zero-order valence-electron chi connectivity index (χ0n) is 16.8. The first kappa shape index (κ1) is 18.5. The fourth-order valence-electron chi connectivity index (χ4n) is 6.27. The van der Waals surface area contributed by atoms with Gasteiger partial charge in [0.1, 0.15) is 11.6 Å². The SMILES string of the molecule is CC12CCC3c4ccc(O)cc4CCC3C1CC/C2=N/N=C/c1cccc(F)c1. The Hall–Kier alpha value is -2.49. The number of phenolic OH excluding ortho intramolecular Hbond substituents is 1. The molecule has 3 aliphatic rings. The van der Waals surface area contributed by atoms with E-state index in [9.17, 15) is 9.50 Å². The lowest BCUT2D eigenvalue weighted by molar-refractivity contribution is 0.0955. The highest BCUT2D eigenvalue weighted by atomic mass is 19.1. The van der Waals surface area contributed by atoms with Crippen LogP contribution in [0.15, 0.2) is 52.7 Å². The van der Waals surface area contributed by atoms with E-state index >= 15 is 0 Å². The highest BCUT2D eigenvalue weighted by Crippen LogP contribution is 2.60. The van der Waals surface area contributed by atoms with Gasteiger partial charge in [0.2, 0.25) is 0 Å². The number of aromatic hydroxyl groups is 1. The number of hydrogen-bond acceptors (Lipinski definition) is 3. The molecule has 2 aromatic rings. The van der Waals surface area contributed by atoms with E-state index in [1.165, 1.54) is 48.2 Å². The van der Waals surface area contributed by atoms with Crippen LogP contribution in [0.25, 0.3) is 0 Å². The molecule has 4 atom stereocenters. The first-order valence-corrected chi connectivity index (χ1v) is 10.7. The van der Waals surface area contributed by atoms with Crippen molar-refractivity contribution in [2.45, 2.75) is 51.4 Å². The Kier molecular flexibility index (Phi) is 4.53. The Bertz CT molecular complexity index is 998. The third kappa shape index (κ3) is 3.19. The number of benzene rings is 2. The van der Waals surface area contributed by atoms with Crippen molar-refractivity contribution in [3.8, 4) is 5.75 Å². The summed E-state index contributed by atoms with van der Waals surface area (Å²) in [6, 6.07) is 12.4. The second-order valence-corrected chi connectivity index (χ2v) is 9.14. The van der Waals surface area contributed by atoms with Crippen LogP contribution in [-0.2, 0) is 6.42 Å². The summed E-state index contributed by atoms with van der Waals surface area (Å²) in [6.45, 7) is 2.38. The van der Waals surface area contributed by atoms with Gasteiger partial charge in [-0.25, -0.2) is 4.39 Å². The normalized spacial score (nSPS) is 32.2. The van der Waals surface area contributed by atoms with E-state index in [4.69, 9.17) is 0 Å². The van der Waals surface area contributed by atoms with Gasteiger partial charge < -0.3 is 5.11 Å². The summed E-state index contributed by atoms with van der Waals surface area (Å²) >= 11 is 0. The zero-order chi connectivity index (χ0) is 20.0. The third-order valence-electron chi connectivity index (χ3n) is 7.69. The third-order valence-corrected chi connectivity index (χ3v) is 7.69. The second-order valence-electron chi connectivity index (χ2n) is 9.14. The fourth-order valence-corrected chi connectivity index (χ4v) is 6.27. The second kappa shape index (κ2) is 7.08. The first-order valence-electron chi connectivity index (χ1n) is 10.7. The van der Waals surface area contributed by atoms with Gasteiger partial charge in [0.25, 0.3) is 0 Å². The van der Waals surface area contributed by atoms with Crippen LogP contribution in [0.3, 0.4) is 0 Å².